The van der Waals surface area contributed by atoms with E-state index in [1.165, 1.54) is 0 Å². The number of aryl methyl sites for hydroxylation is 2. The smallest absolute Gasteiger partial charge is 0.252 e. The second-order valence-corrected chi connectivity index (χ2v) is 4.65. The molecule has 0 aliphatic carbocycles. The van der Waals surface area contributed by atoms with Crippen LogP contribution in [0.4, 0.5) is 5.69 Å². The Kier molecular flexibility index (Phi) is 3.85. The number of amides is 1. The van der Waals surface area contributed by atoms with E-state index in [9.17, 15) is 4.79 Å². The van der Waals surface area contributed by atoms with Crippen molar-refractivity contribution < 1.29 is 4.79 Å². The van der Waals surface area contributed by atoms with E-state index in [1.54, 1.807) is 0 Å². The van der Waals surface area contributed by atoms with E-state index >= 15 is 0 Å². The normalized spacial score (nSPS) is 10.2. The zero-order chi connectivity index (χ0) is 13.8. The van der Waals surface area contributed by atoms with Crippen LogP contribution in [0.15, 0.2) is 42.5 Å². The van der Waals surface area contributed by atoms with Crippen molar-refractivity contribution in [2.24, 2.45) is 0 Å². The minimum atomic E-state index is -0.0566. The molecular weight excluding hydrogens is 236 g/mol. The maximum Gasteiger partial charge on any atom is 0.252 e. The van der Waals surface area contributed by atoms with Gasteiger partial charge in [-0.15, -0.1) is 0 Å². The van der Waals surface area contributed by atoms with Crippen LogP contribution in [0.3, 0.4) is 0 Å². The molecule has 0 aliphatic rings. The van der Waals surface area contributed by atoms with E-state index in [0.717, 1.165) is 22.3 Å². The summed E-state index contributed by atoms with van der Waals surface area (Å²) in [6, 6.07) is 13.4. The standard InChI is InChI=1S/C16H18N2O/c1-11-6-5-7-12(2)15(11)16(19)18-10-13-8-3-4-9-14(13)17/h3-9H,10,17H2,1-2H3,(H,18,19). The lowest BCUT2D eigenvalue weighted by Crippen LogP contribution is -2.24. The van der Waals surface area contributed by atoms with Gasteiger partial charge in [0.15, 0.2) is 0 Å². The fourth-order valence-electron chi connectivity index (χ4n) is 2.13. The van der Waals surface area contributed by atoms with Gasteiger partial charge in [0.05, 0.1) is 0 Å². The molecule has 2 aromatic rings. The number of hydrogen-bond donors (Lipinski definition) is 2. The zero-order valence-corrected chi connectivity index (χ0v) is 11.2. The predicted molar refractivity (Wildman–Crippen MR) is 77.9 cm³/mol. The second-order valence-electron chi connectivity index (χ2n) is 4.65. The zero-order valence-electron chi connectivity index (χ0n) is 11.2. The van der Waals surface area contributed by atoms with Crippen LogP contribution in [-0.2, 0) is 6.54 Å². The summed E-state index contributed by atoms with van der Waals surface area (Å²) < 4.78 is 0. The molecule has 0 aromatic heterocycles. The van der Waals surface area contributed by atoms with Crippen LogP contribution in [0.25, 0.3) is 0 Å². The molecule has 0 bridgehead atoms. The fraction of sp³-hybridized carbons (Fsp3) is 0.188. The van der Waals surface area contributed by atoms with Crippen LogP contribution in [0.5, 0.6) is 0 Å². The monoisotopic (exact) mass is 254 g/mol. The Labute approximate surface area is 113 Å². The van der Waals surface area contributed by atoms with Gasteiger partial charge in [0.1, 0.15) is 0 Å². The minimum Gasteiger partial charge on any atom is -0.398 e. The lowest BCUT2D eigenvalue weighted by Gasteiger charge is -2.11. The molecule has 3 nitrogen and oxygen atoms in total. The highest BCUT2D eigenvalue weighted by molar-refractivity contribution is 5.97. The van der Waals surface area contributed by atoms with Crippen LogP contribution in [0.2, 0.25) is 0 Å². The molecule has 2 aromatic carbocycles. The summed E-state index contributed by atoms with van der Waals surface area (Å²) in [5.74, 6) is -0.0566. The number of anilines is 1. The Morgan fingerprint density at radius 2 is 1.68 bits per heavy atom. The molecule has 19 heavy (non-hydrogen) atoms. The van der Waals surface area contributed by atoms with Crippen LogP contribution in [0, 0.1) is 13.8 Å². The van der Waals surface area contributed by atoms with E-state index < -0.39 is 0 Å². The number of rotatable bonds is 3. The van der Waals surface area contributed by atoms with E-state index in [1.807, 2.05) is 56.3 Å². The highest BCUT2D eigenvalue weighted by Gasteiger charge is 2.11. The van der Waals surface area contributed by atoms with Gasteiger partial charge in [-0.1, -0.05) is 36.4 Å². The summed E-state index contributed by atoms with van der Waals surface area (Å²) in [7, 11) is 0. The topological polar surface area (TPSA) is 55.1 Å². The third kappa shape index (κ3) is 2.94. The molecule has 0 heterocycles. The van der Waals surface area contributed by atoms with Crippen molar-refractivity contribution in [3.63, 3.8) is 0 Å². The number of nitrogens with two attached hydrogens (primary N) is 1. The van der Waals surface area contributed by atoms with Crippen molar-refractivity contribution in [1.29, 1.82) is 0 Å². The maximum absolute atomic E-state index is 12.2. The number of carbonyl (C=O) groups excluding carboxylic acids is 1. The first-order valence-electron chi connectivity index (χ1n) is 6.27. The highest BCUT2D eigenvalue weighted by Crippen LogP contribution is 2.14. The fourth-order valence-corrected chi connectivity index (χ4v) is 2.13. The number of nitrogen functional groups attached to an aromatic ring is 1. The van der Waals surface area contributed by atoms with Crippen molar-refractivity contribution in [2.45, 2.75) is 20.4 Å². The largest absolute Gasteiger partial charge is 0.398 e. The Hall–Kier alpha value is -2.29. The first kappa shape index (κ1) is 13.1. The quantitative estimate of drug-likeness (QED) is 0.827. The molecule has 0 spiro atoms. The van der Waals surface area contributed by atoms with E-state index in [-0.39, 0.29) is 5.91 Å². The van der Waals surface area contributed by atoms with Crippen LogP contribution >= 0.6 is 0 Å². The molecule has 0 aliphatic heterocycles. The minimum absolute atomic E-state index is 0.0566. The van der Waals surface area contributed by atoms with Gasteiger partial charge < -0.3 is 11.1 Å². The number of carbonyl (C=O) groups is 1. The van der Waals surface area contributed by atoms with Crippen molar-refractivity contribution >= 4 is 11.6 Å². The van der Waals surface area contributed by atoms with Crippen LogP contribution < -0.4 is 11.1 Å². The van der Waals surface area contributed by atoms with Crippen LogP contribution in [0.1, 0.15) is 27.0 Å². The molecular formula is C16H18N2O. The third-order valence-electron chi connectivity index (χ3n) is 3.20. The third-order valence-corrected chi connectivity index (χ3v) is 3.20. The molecule has 2 rings (SSSR count). The van der Waals surface area contributed by atoms with Gasteiger partial charge in [0.25, 0.3) is 5.91 Å². The molecule has 0 radical (unpaired) electrons. The Bertz CT molecular complexity index is 585. The Morgan fingerprint density at radius 3 is 2.32 bits per heavy atom. The van der Waals surface area contributed by atoms with E-state index in [2.05, 4.69) is 5.32 Å². The first-order chi connectivity index (χ1) is 9.09. The van der Waals surface area contributed by atoms with Gasteiger partial charge in [0.2, 0.25) is 0 Å². The average molecular weight is 254 g/mol. The lowest BCUT2D eigenvalue weighted by molar-refractivity contribution is 0.0950. The SMILES string of the molecule is Cc1cccc(C)c1C(=O)NCc1ccccc1N. The Balaban J connectivity index is 2.13. The number of hydrogen-bond acceptors (Lipinski definition) is 2. The van der Waals surface area contributed by atoms with Gasteiger partial charge in [-0.2, -0.15) is 0 Å². The summed E-state index contributed by atoms with van der Waals surface area (Å²) >= 11 is 0. The van der Waals surface area contributed by atoms with Crippen LogP contribution in [-0.4, -0.2) is 5.91 Å². The number of benzene rings is 2. The maximum atomic E-state index is 12.2. The van der Waals surface area contributed by atoms with E-state index in [4.69, 9.17) is 5.73 Å². The predicted octanol–water partition coefficient (Wildman–Crippen LogP) is 2.82. The molecule has 0 saturated carbocycles. The van der Waals surface area contributed by atoms with Gasteiger partial charge in [0, 0.05) is 17.8 Å². The van der Waals surface area contributed by atoms with Gasteiger partial charge in [-0.05, 0) is 36.6 Å². The molecule has 0 atom stereocenters. The van der Waals surface area contributed by atoms with Gasteiger partial charge in [-0.3, -0.25) is 4.79 Å². The molecule has 1 amide bonds. The number of nitrogens with one attached hydrogen (secondary N) is 1. The average Bonchev–Trinajstić information content (AvgIpc) is 2.37. The van der Waals surface area contributed by atoms with E-state index in [0.29, 0.717) is 12.2 Å². The summed E-state index contributed by atoms with van der Waals surface area (Å²) in [6.45, 7) is 4.33. The van der Waals surface area contributed by atoms with Gasteiger partial charge >= 0.3 is 0 Å². The summed E-state index contributed by atoms with van der Waals surface area (Å²) in [6.07, 6.45) is 0. The molecule has 0 saturated heterocycles. The van der Waals surface area contributed by atoms with Gasteiger partial charge in [-0.25, -0.2) is 0 Å². The molecule has 3 N–H and O–H groups in total. The molecule has 3 heteroatoms. The summed E-state index contributed by atoms with van der Waals surface area (Å²) in [4.78, 5) is 12.2. The summed E-state index contributed by atoms with van der Waals surface area (Å²) in [5.41, 5.74) is 10.2. The number of para-hydroxylation sites is 1. The molecule has 0 fully saturated rings. The highest BCUT2D eigenvalue weighted by atomic mass is 16.1. The van der Waals surface area contributed by atoms with Crippen molar-refractivity contribution in [3.8, 4) is 0 Å². The summed E-state index contributed by atoms with van der Waals surface area (Å²) in [5, 5.41) is 2.92. The van der Waals surface area contributed by atoms with Crippen molar-refractivity contribution in [2.75, 3.05) is 5.73 Å². The molecule has 98 valence electrons. The second kappa shape index (κ2) is 5.57. The van der Waals surface area contributed by atoms with Crippen molar-refractivity contribution in [1.82, 2.24) is 5.32 Å². The Morgan fingerprint density at radius 1 is 1.05 bits per heavy atom. The lowest BCUT2D eigenvalue weighted by atomic mass is 10.0. The molecule has 0 unspecified atom stereocenters. The first-order valence-corrected chi connectivity index (χ1v) is 6.27. The van der Waals surface area contributed by atoms with Crippen molar-refractivity contribution in [3.05, 3.63) is 64.7 Å².